The Morgan fingerprint density at radius 1 is 0.914 bits per heavy atom. The lowest BCUT2D eigenvalue weighted by atomic mass is 9.56. The number of carbonyl (C=O) groups excluding carboxylic acids is 1. The summed E-state index contributed by atoms with van der Waals surface area (Å²) in [6.45, 7) is 25.7. The van der Waals surface area contributed by atoms with Crippen molar-refractivity contribution >= 4 is 33.9 Å². The molecule has 58 heavy (non-hydrogen) atoms. The van der Waals surface area contributed by atoms with E-state index in [-0.39, 0.29) is 40.6 Å². The zero-order valence-electron chi connectivity index (χ0n) is 36.6. The van der Waals surface area contributed by atoms with E-state index in [2.05, 4.69) is 125 Å². The molecular formula is C46H64N8O3Si. The van der Waals surface area contributed by atoms with Crippen LogP contribution < -0.4 is 20.3 Å². The molecule has 2 N–H and O–H groups in total. The molecule has 11 nitrogen and oxygen atoms in total. The van der Waals surface area contributed by atoms with Gasteiger partial charge in [0.2, 0.25) is 5.95 Å². The molecule has 5 aromatic rings. The summed E-state index contributed by atoms with van der Waals surface area (Å²) >= 11 is 0. The van der Waals surface area contributed by atoms with E-state index in [4.69, 9.17) is 19.4 Å². The van der Waals surface area contributed by atoms with Crippen molar-refractivity contribution in [2.24, 2.45) is 23.7 Å². The average molecular weight is 805 g/mol. The first kappa shape index (κ1) is 41.5. The first-order valence-electron chi connectivity index (χ1n) is 21.2. The number of ether oxygens (including phenoxy) is 1. The maximum Gasteiger partial charge on any atom is 0.320 e. The Hall–Kier alpha value is -4.68. The highest BCUT2D eigenvalue weighted by Gasteiger charge is 2.62. The lowest BCUT2D eigenvalue weighted by Crippen LogP contribution is -2.75. The molecule has 5 atom stereocenters. The number of anilines is 2. The molecule has 2 aromatic carbocycles. The Morgan fingerprint density at radius 3 is 2.26 bits per heavy atom. The zero-order valence-corrected chi connectivity index (χ0v) is 38.6. The van der Waals surface area contributed by atoms with Gasteiger partial charge >= 0.3 is 6.03 Å². The van der Waals surface area contributed by atoms with Gasteiger partial charge in [-0.25, -0.2) is 9.48 Å². The van der Waals surface area contributed by atoms with E-state index in [1.807, 2.05) is 53.3 Å². The van der Waals surface area contributed by atoms with Crippen LogP contribution in [0.5, 0.6) is 5.75 Å². The molecule has 1 aliphatic heterocycles. The van der Waals surface area contributed by atoms with Crippen molar-refractivity contribution in [1.29, 1.82) is 0 Å². The molecule has 0 spiro atoms. The standard InChI is InChI=1S/C46H64N8O3Si/c1-28(2)36-24-25-53(45(11,29(3)4)46(36,57-58)30(5)6)43-50-49-40-23-20-33(27-52(40)43)56-38-22-21-37(34-14-12-13-15-35(34)38)47-42(55)48-41-26-39(44(8,9)10)51-54(41)32-18-16-31(7)17-19-32/h12-20,23,26-30,36-38H,21-22,24-25H2,1-11,58H3,(H2,47,48,55)/t36?,37-,38+,45?,46?/m0/s1. The monoisotopic (exact) mass is 804 g/mol. The Morgan fingerprint density at radius 2 is 1.62 bits per heavy atom. The molecule has 1 aliphatic carbocycles. The fourth-order valence-electron chi connectivity index (χ4n) is 10.1. The van der Waals surface area contributed by atoms with Crippen molar-refractivity contribution in [2.45, 2.75) is 124 Å². The summed E-state index contributed by atoms with van der Waals surface area (Å²) in [5.41, 5.74) is 4.98. The van der Waals surface area contributed by atoms with Gasteiger partial charge in [-0.1, -0.05) is 104 Å². The molecule has 2 amide bonds. The number of nitrogens with zero attached hydrogens (tertiary/aromatic N) is 6. The zero-order chi connectivity index (χ0) is 41.7. The summed E-state index contributed by atoms with van der Waals surface area (Å²) in [7, 11) is 0.651. The topological polar surface area (TPSA) is 111 Å². The molecule has 0 saturated carbocycles. The van der Waals surface area contributed by atoms with Gasteiger partial charge in [0, 0.05) is 18.0 Å². The number of aromatic nitrogens is 5. The minimum absolute atomic E-state index is 0.187. The average Bonchev–Trinajstić information content (AvgIpc) is 3.80. The van der Waals surface area contributed by atoms with E-state index in [0.29, 0.717) is 34.1 Å². The number of pyridine rings is 1. The Balaban J connectivity index is 1.13. The molecule has 1 saturated heterocycles. The van der Waals surface area contributed by atoms with Gasteiger partial charge < -0.3 is 19.4 Å². The van der Waals surface area contributed by atoms with E-state index >= 15 is 0 Å². The van der Waals surface area contributed by atoms with Crippen LogP contribution in [0.1, 0.15) is 123 Å². The van der Waals surface area contributed by atoms with Gasteiger partial charge in [-0.3, -0.25) is 9.72 Å². The number of carbonyl (C=O) groups is 1. The normalized spacial score (nSPS) is 23.8. The van der Waals surface area contributed by atoms with Crippen LogP contribution in [0.15, 0.2) is 72.9 Å². The number of fused-ring (bicyclic) bond motifs is 2. The summed E-state index contributed by atoms with van der Waals surface area (Å²) in [6, 6.07) is 21.9. The second kappa shape index (κ2) is 15.8. The van der Waals surface area contributed by atoms with E-state index in [0.717, 1.165) is 71.2 Å². The van der Waals surface area contributed by atoms with E-state index < -0.39 is 0 Å². The first-order valence-corrected chi connectivity index (χ1v) is 22.0. The lowest BCUT2D eigenvalue weighted by Gasteiger charge is -2.65. The van der Waals surface area contributed by atoms with Crippen LogP contribution in [0.2, 0.25) is 0 Å². The molecule has 1 fully saturated rings. The molecule has 0 radical (unpaired) electrons. The molecule has 3 aromatic heterocycles. The van der Waals surface area contributed by atoms with E-state index in [1.54, 1.807) is 0 Å². The smallest absolute Gasteiger partial charge is 0.320 e. The van der Waals surface area contributed by atoms with Crippen molar-refractivity contribution in [3.8, 4) is 11.4 Å². The van der Waals surface area contributed by atoms with Crippen molar-refractivity contribution in [2.75, 3.05) is 16.8 Å². The Bertz CT molecular complexity index is 2240. The predicted molar refractivity (Wildman–Crippen MR) is 236 cm³/mol. The second-order valence-corrected chi connectivity index (χ2v) is 19.1. The highest BCUT2D eigenvalue weighted by molar-refractivity contribution is 5.98. The Kier molecular flexibility index (Phi) is 11.3. The van der Waals surface area contributed by atoms with Crippen molar-refractivity contribution in [1.82, 2.24) is 29.7 Å². The second-order valence-electron chi connectivity index (χ2n) is 18.7. The lowest BCUT2D eigenvalue weighted by molar-refractivity contribution is -0.135. The van der Waals surface area contributed by atoms with Gasteiger partial charge in [-0.05, 0) is 92.2 Å². The quantitative estimate of drug-likeness (QED) is 0.136. The number of hydrogen-bond acceptors (Lipinski definition) is 7. The summed E-state index contributed by atoms with van der Waals surface area (Å²) in [4.78, 5) is 16.2. The minimum atomic E-state index is -0.343. The number of amides is 2. The van der Waals surface area contributed by atoms with Crippen LogP contribution in [-0.4, -0.2) is 58.6 Å². The number of aryl methyl sites for hydroxylation is 1. The summed E-state index contributed by atoms with van der Waals surface area (Å²) in [5.74, 6) is 3.70. The maximum atomic E-state index is 13.7. The molecule has 0 bridgehead atoms. The summed E-state index contributed by atoms with van der Waals surface area (Å²) in [5, 5.41) is 20.8. The van der Waals surface area contributed by atoms with Gasteiger partial charge in [-0.2, -0.15) is 5.10 Å². The molecular weight excluding hydrogens is 741 g/mol. The maximum absolute atomic E-state index is 13.7. The molecule has 310 valence electrons. The van der Waals surface area contributed by atoms with Crippen molar-refractivity contribution in [3.05, 3.63) is 95.3 Å². The molecule has 12 heteroatoms. The SMILES string of the molecule is Cc1ccc(-n2nc(C(C)(C)C)cc2NC(=O)N[C@H]2CC[C@@H](Oc3ccc4nnc(N5CCC(C(C)C)C(O[SiH3])(C(C)C)C5(C)C(C)C)n4c3)c3ccccc32)cc1. The van der Waals surface area contributed by atoms with Crippen LogP contribution in [0.3, 0.4) is 0 Å². The highest BCUT2D eigenvalue weighted by atomic mass is 28.2. The van der Waals surface area contributed by atoms with Gasteiger partial charge in [0.05, 0.1) is 34.8 Å². The minimum Gasteiger partial charge on any atom is -0.484 e. The van der Waals surface area contributed by atoms with Crippen molar-refractivity contribution in [3.63, 3.8) is 0 Å². The fraction of sp³-hybridized carbons (Fsp3) is 0.522. The largest absolute Gasteiger partial charge is 0.484 e. The third-order valence-corrected chi connectivity index (χ3v) is 14.0. The molecule has 2 aliphatic rings. The predicted octanol–water partition coefficient (Wildman–Crippen LogP) is 8.89. The fourth-order valence-corrected chi connectivity index (χ4v) is 11.3. The van der Waals surface area contributed by atoms with Crippen molar-refractivity contribution < 1.29 is 14.0 Å². The van der Waals surface area contributed by atoms with Gasteiger partial charge in [-0.15, -0.1) is 10.2 Å². The number of rotatable bonds is 10. The Labute approximate surface area is 347 Å². The van der Waals surface area contributed by atoms with Gasteiger partial charge in [0.1, 0.15) is 28.2 Å². The number of piperidine rings is 1. The molecule has 7 rings (SSSR count). The van der Waals surface area contributed by atoms with Gasteiger partial charge in [0.15, 0.2) is 5.65 Å². The molecule has 3 unspecified atom stereocenters. The number of hydrogen-bond donors (Lipinski definition) is 2. The van der Waals surface area contributed by atoms with Crippen LogP contribution >= 0.6 is 0 Å². The first-order chi connectivity index (χ1) is 27.5. The molecule has 4 heterocycles. The van der Waals surface area contributed by atoms with E-state index in [1.165, 1.54) is 0 Å². The highest BCUT2D eigenvalue weighted by Crippen LogP contribution is 2.54. The summed E-state index contributed by atoms with van der Waals surface area (Å²) in [6.07, 6.45) is 4.32. The third-order valence-electron chi connectivity index (χ3n) is 13.3. The third kappa shape index (κ3) is 7.20. The number of urea groups is 1. The van der Waals surface area contributed by atoms with E-state index in [9.17, 15) is 4.79 Å². The van der Waals surface area contributed by atoms with Crippen LogP contribution in [-0.2, 0) is 9.84 Å². The van der Waals surface area contributed by atoms with Crippen LogP contribution in [0.4, 0.5) is 16.6 Å². The summed E-state index contributed by atoms with van der Waals surface area (Å²) < 4.78 is 17.6. The van der Waals surface area contributed by atoms with Crippen LogP contribution in [0.25, 0.3) is 11.3 Å². The number of benzene rings is 2. The van der Waals surface area contributed by atoms with Gasteiger partial charge in [0.25, 0.3) is 0 Å². The number of nitrogens with one attached hydrogen (secondary N) is 2. The van der Waals surface area contributed by atoms with Crippen LogP contribution in [0, 0.1) is 30.6 Å².